The van der Waals surface area contributed by atoms with Gasteiger partial charge in [0.05, 0.1) is 5.75 Å². The summed E-state index contributed by atoms with van der Waals surface area (Å²) in [6.45, 7) is 4.00. The predicted octanol–water partition coefficient (Wildman–Crippen LogP) is 4.43. The Morgan fingerprint density at radius 2 is 1.85 bits per heavy atom. The maximum atomic E-state index is 12.3. The number of nitrogens with zero attached hydrogens (tertiary/aromatic N) is 1. The van der Waals surface area contributed by atoms with E-state index < -0.39 is 0 Å². The van der Waals surface area contributed by atoms with Gasteiger partial charge in [0, 0.05) is 30.1 Å². The summed E-state index contributed by atoms with van der Waals surface area (Å²) in [5, 5.41) is 2.88. The Labute approximate surface area is 165 Å². The van der Waals surface area contributed by atoms with Gasteiger partial charge in [-0.3, -0.25) is 9.59 Å². The van der Waals surface area contributed by atoms with Crippen molar-refractivity contribution in [3.8, 4) is 0 Å². The molecule has 0 spiro atoms. The Bertz CT molecular complexity index is 762. The van der Waals surface area contributed by atoms with Crippen molar-refractivity contribution >= 4 is 29.3 Å². The van der Waals surface area contributed by atoms with Crippen molar-refractivity contribution in [2.24, 2.45) is 5.92 Å². The van der Waals surface area contributed by atoms with E-state index in [2.05, 4.69) is 12.2 Å². The van der Waals surface area contributed by atoms with Crippen LogP contribution in [0.15, 0.2) is 54.6 Å². The molecule has 0 unspecified atom stereocenters. The Hall–Kier alpha value is -2.27. The molecule has 142 valence electrons. The highest BCUT2D eigenvalue weighted by Crippen LogP contribution is 2.19. The first-order valence-corrected chi connectivity index (χ1v) is 10.6. The first-order valence-electron chi connectivity index (χ1n) is 9.42. The summed E-state index contributed by atoms with van der Waals surface area (Å²) in [5.41, 5.74) is 2.54. The van der Waals surface area contributed by atoms with Crippen LogP contribution in [0.1, 0.15) is 35.7 Å². The van der Waals surface area contributed by atoms with E-state index in [1.807, 2.05) is 59.5 Å². The van der Waals surface area contributed by atoms with E-state index in [-0.39, 0.29) is 11.8 Å². The number of likely N-dealkylation sites (tertiary alicyclic amines) is 1. The largest absolute Gasteiger partial charge is 0.342 e. The minimum Gasteiger partial charge on any atom is -0.342 e. The highest BCUT2D eigenvalue weighted by atomic mass is 32.2. The summed E-state index contributed by atoms with van der Waals surface area (Å²) in [6, 6.07) is 17.0. The fourth-order valence-corrected chi connectivity index (χ4v) is 4.13. The average Bonchev–Trinajstić information content (AvgIpc) is 2.69. The third-order valence-electron chi connectivity index (χ3n) is 4.75. The third kappa shape index (κ3) is 5.86. The van der Waals surface area contributed by atoms with Crippen LogP contribution in [0.4, 0.5) is 5.69 Å². The third-order valence-corrected chi connectivity index (χ3v) is 5.74. The second-order valence-corrected chi connectivity index (χ2v) is 8.08. The molecule has 2 aromatic rings. The van der Waals surface area contributed by atoms with E-state index in [9.17, 15) is 9.59 Å². The molecule has 27 heavy (non-hydrogen) atoms. The van der Waals surface area contributed by atoms with Crippen LogP contribution in [0.2, 0.25) is 0 Å². The summed E-state index contributed by atoms with van der Waals surface area (Å²) in [6.07, 6.45) is 2.34. The molecule has 0 aromatic heterocycles. The van der Waals surface area contributed by atoms with Crippen LogP contribution < -0.4 is 5.32 Å². The second kappa shape index (κ2) is 9.60. The lowest BCUT2D eigenvalue weighted by atomic mass is 10.0. The first-order chi connectivity index (χ1) is 13.1. The van der Waals surface area contributed by atoms with Gasteiger partial charge in [0.25, 0.3) is 5.91 Å². The number of hydrogen-bond donors (Lipinski definition) is 1. The lowest BCUT2D eigenvalue weighted by Crippen LogP contribution is -2.40. The second-order valence-electron chi connectivity index (χ2n) is 7.10. The standard InChI is InChI=1S/C22H26N2O2S/c1-17-6-5-13-24(14-17)21(25)16-27-15-18-9-11-19(12-10-18)22(26)23-20-7-3-2-4-8-20/h2-4,7-12,17H,5-6,13-16H2,1H3,(H,23,26)/t17-/m1/s1. The van der Waals surface area contributed by atoms with E-state index >= 15 is 0 Å². The van der Waals surface area contributed by atoms with Crippen molar-refractivity contribution in [1.82, 2.24) is 4.90 Å². The number of para-hydroxylation sites is 1. The molecule has 5 heteroatoms. The zero-order chi connectivity index (χ0) is 19.1. The average molecular weight is 383 g/mol. The molecule has 1 atom stereocenters. The number of piperidine rings is 1. The lowest BCUT2D eigenvalue weighted by Gasteiger charge is -2.30. The van der Waals surface area contributed by atoms with Crippen molar-refractivity contribution in [2.45, 2.75) is 25.5 Å². The number of amides is 2. The number of carbonyl (C=O) groups excluding carboxylic acids is 2. The van der Waals surface area contributed by atoms with Crippen LogP contribution in [0.5, 0.6) is 0 Å². The maximum absolute atomic E-state index is 12.3. The molecular formula is C22H26N2O2S. The lowest BCUT2D eigenvalue weighted by molar-refractivity contribution is -0.130. The molecule has 1 aliphatic rings. The highest BCUT2D eigenvalue weighted by molar-refractivity contribution is 7.99. The van der Waals surface area contributed by atoms with E-state index in [1.165, 1.54) is 6.42 Å². The fourth-order valence-electron chi connectivity index (χ4n) is 3.24. The fraction of sp³-hybridized carbons (Fsp3) is 0.364. The molecule has 0 radical (unpaired) electrons. The van der Waals surface area contributed by atoms with E-state index in [0.717, 1.165) is 36.5 Å². The Kier molecular flexibility index (Phi) is 6.93. The van der Waals surface area contributed by atoms with Crippen molar-refractivity contribution in [1.29, 1.82) is 0 Å². The van der Waals surface area contributed by atoms with Crippen LogP contribution in [0.3, 0.4) is 0 Å². The molecule has 2 amide bonds. The van der Waals surface area contributed by atoms with Crippen molar-refractivity contribution in [2.75, 3.05) is 24.2 Å². The van der Waals surface area contributed by atoms with Gasteiger partial charge in [0.1, 0.15) is 0 Å². The van der Waals surface area contributed by atoms with Gasteiger partial charge in [-0.25, -0.2) is 0 Å². The smallest absolute Gasteiger partial charge is 0.255 e. The first kappa shape index (κ1) is 19.5. The molecule has 1 saturated heterocycles. The Balaban J connectivity index is 1.45. The van der Waals surface area contributed by atoms with Gasteiger partial charge in [0.15, 0.2) is 0 Å². The van der Waals surface area contributed by atoms with E-state index in [4.69, 9.17) is 0 Å². The minimum atomic E-state index is -0.116. The molecule has 0 saturated carbocycles. The topological polar surface area (TPSA) is 49.4 Å². The normalized spacial score (nSPS) is 16.8. The molecule has 1 N–H and O–H groups in total. The monoisotopic (exact) mass is 382 g/mol. The van der Waals surface area contributed by atoms with E-state index in [1.54, 1.807) is 11.8 Å². The molecule has 3 rings (SSSR count). The summed E-state index contributed by atoms with van der Waals surface area (Å²) in [4.78, 5) is 26.6. The van der Waals surface area contributed by atoms with Gasteiger partial charge in [-0.2, -0.15) is 0 Å². The Morgan fingerprint density at radius 3 is 2.56 bits per heavy atom. The molecule has 1 heterocycles. The molecule has 1 aliphatic heterocycles. The van der Waals surface area contributed by atoms with Crippen LogP contribution in [-0.2, 0) is 10.5 Å². The van der Waals surface area contributed by atoms with Crippen LogP contribution in [-0.4, -0.2) is 35.6 Å². The molecule has 1 fully saturated rings. The van der Waals surface area contributed by atoms with Gasteiger partial charge in [-0.1, -0.05) is 37.3 Å². The van der Waals surface area contributed by atoms with Gasteiger partial charge in [-0.15, -0.1) is 11.8 Å². The highest BCUT2D eigenvalue weighted by Gasteiger charge is 2.20. The Morgan fingerprint density at radius 1 is 1.11 bits per heavy atom. The minimum absolute atomic E-state index is 0.116. The number of carbonyl (C=O) groups is 2. The summed E-state index contributed by atoms with van der Waals surface area (Å²) in [7, 11) is 0. The SMILES string of the molecule is C[C@@H]1CCCN(C(=O)CSCc2ccc(C(=O)Nc3ccccc3)cc2)C1. The van der Waals surface area contributed by atoms with Gasteiger partial charge in [0.2, 0.25) is 5.91 Å². The van der Waals surface area contributed by atoms with Crippen LogP contribution >= 0.6 is 11.8 Å². The zero-order valence-electron chi connectivity index (χ0n) is 15.7. The molecular weight excluding hydrogens is 356 g/mol. The van der Waals surface area contributed by atoms with Gasteiger partial charge in [-0.05, 0) is 48.6 Å². The van der Waals surface area contributed by atoms with Crippen LogP contribution in [0, 0.1) is 5.92 Å². The predicted molar refractivity (Wildman–Crippen MR) is 112 cm³/mol. The van der Waals surface area contributed by atoms with Crippen LogP contribution in [0.25, 0.3) is 0 Å². The molecule has 4 nitrogen and oxygen atoms in total. The number of benzene rings is 2. The quantitative estimate of drug-likeness (QED) is 0.804. The molecule has 0 aliphatic carbocycles. The van der Waals surface area contributed by atoms with Crippen molar-refractivity contribution < 1.29 is 9.59 Å². The molecule has 2 aromatic carbocycles. The summed E-state index contributed by atoms with van der Waals surface area (Å²) >= 11 is 1.63. The summed E-state index contributed by atoms with van der Waals surface area (Å²) in [5.74, 6) is 2.03. The number of hydrogen-bond acceptors (Lipinski definition) is 3. The number of rotatable bonds is 6. The zero-order valence-corrected chi connectivity index (χ0v) is 16.5. The van der Waals surface area contributed by atoms with Gasteiger partial charge >= 0.3 is 0 Å². The van der Waals surface area contributed by atoms with Gasteiger partial charge < -0.3 is 10.2 Å². The number of thioether (sulfide) groups is 1. The molecule has 0 bridgehead atoms. The summed E-state index contributed by atoms with van der Waals surface area (Å²) < 4.78 is 0. The maximum Gasteiger partial charge on any atom is 0.255 e. The number of anilines is 1. The number of nitrogens with one attached hydrogen (secondary N) is 1. The van der Waals surface area contributed by atoms with E-state index in [0.29, 0.717) is 17.2 Å². The van der Waals surface area contributed by atoms with Crippen molar-refractivity contribution in [3.05, 3.63) is 65.7 Å². The van der Waals surface area contributed by atoms with Crippen molar-refractivity contribution in [3.63, 3.8) is 0 Å².